The Morgan fingerprint density at radius 1 is 1.18 bits per heavy atom. The standard InChI is InChI=1S/C21H25N5OS/c1-15-23-18(16-7-9-26(10-8-16)11-12-27)13-20(24-15)25-21-22-14-19(28-21)17-5-3-2-4-6-17/h2-6,13-14,16,27H,7-12H2,1H3,(H,22,23,24,25). The number of aliphatic hydroxyl groups is 1. The molecular weight excluding hydrogens is 370 g/mol. The second kappa shape index (κ2) is 8.77. The maximum Gasteiger partial charge on any atom is 0.188 e. The summed E-state index contributed by atoms with van der Waals surface area (Å²) in [6, 6.07) is 12.3. The molecule has 0 amide bonds. The Labute approximate surface area is 169 Å². The molecule has 1 aliphatic rings. The number of benzene rings is 1. The van der Waals surface area contributed by atoms with Gasteiger partial charge in [-0.2, -0.15) is 0 Å². The summed E-state index contributed by atoms with van der Waals surface area (Å²) in [6.45, 7) is 4.93. The van der Waals surface area contributed by atoms with Gasteiger partial charge in [-0.1, -0.05) is 41.7 Å². The first-order valence-corrected chi connectivity index (χ1v) is 10.5. The van der Waals surface area contributed by atoms with E-state index in [0.29, 0.717) is 5.92 Å². The van der Waals surface area contributed by atoms with Crippen molar-refractivity contribution < 1.29 is 5.11 Å². The van der Waals surface area contributed by atoms with E-state index in [-0.39, 0.29) is 6.61 Å². The van der Waals surface area contributed by atoms with E-state index < -0.39 is 0 Å². The van der Waals surface area contributed by atoms with Crippen molar-refractivity contribution in [2.24, 2.45) is 0 Å². The summed E-state index contributed by atoms with van der Waals surface area (Å²) in [6.07, 6.45) is 4.02. The molecule has 0 bridgehead atoms. The van der Waals surface area contributed by atoms with Crippen molar-refractivity contribution in [3.8, 4) is 10.4 Å². The Bertz CT molecular complexity index is 906. The molecule has 0 spiro atoms. The second-order valence-electron chi connectivity index (χ2n) is 7.09. The molecule has 0 atom stereocenters. The molecule has 3 heterocycles. The third kappa shape index (κ3) is 4.55. The zero-order valence-corrected chi connectivity index (χ0v) is 16.8. The number of aliphatic hydroxyl groups excluding tert-OH is 1. The molecule has 0 unspecified atom stereocenters. The highest BCUT2D eigenvalue weighted by molar-refractivity contribution is 7.18. The molecule has 28 heavy (non-hydrogen) atoms. The number of rotatable bonds is 6. The number of aryl methyl sites for hydroxylation is 1. The SMILES string of the molecule is Cc1nc(Nc2ncc(-c3ccccc3)s2)cc(C2CCN(CCO)CC2)n1. The van der Waals surface area contributed by atoms with Crippen LogP contribution in [0.25, 0.3) is 10.4 Å². The second-order valence-corrected chi connectivity index (χ2v) is 8.12. The van der Waals surface area contributed by atoms with Crippen molar-refractivity contribution in [2.45, 2.75) is 25.7 Å². The number of aromatic nitrogens is 3. The van der Waals surface area contributed by atoms with Crippen LogP contribution in [-0.4, -0.2) is 51.2 Å². The predicted octanol–water partition coefficient (Wildman–Crippen LogP) is 3.82. The normalized spacial score (nSPS) is 15.6. The van der Waals surface area contributed by atoms with Crippen LogP contribution in [0.5, 0.6) is 0 Å². The van der Waals surface area contributed by atoms with Crippen molar-refractivity contribution in [1.29, 1.82) is 0 Å². The van der Waals surface area contributed by atoms with Crippen LogP contribution in [0.15, 0.2) is 42.6 Å². The van der Waals surface area contributed by atoms with Crippen molar-refractivity contribution in [2.75, 3.05) is 31.6 Å². The Hall–Kier alpha value is -2.35. The number of nitrogens with zero attached hydrogens (tertiary/aromatic N) is 4. The molecule has 3 aromatic rings. The average molecular weight is 396 g/mol. The molecule has 1 aromatic carbocycles. The van der Waals surface area contributed by atoms with Gasteiger partial charge in [0.1, 0.15) is 11.6 Å². The third-order valence-electron chi connectivity index (χ3n) is 5.08. The molecule has 1 fully saturated rings. The molecule has 0 radical (unpaired) electrons. The number of hydrogen-bond acceptors (Lipinski definition) is 7. The molecule has 0 aliphatic carbocycles. The first-order chi connectivity index (χ1) is 13.7. The highest BCUT2D eigenvalue weighted by Crippen LogP contribution is 2.32. The molecule has 0 saturated carbocycles. The Morgan fingerprint density at radius 2 is 1.96 bits per heavy atom. The van der Waals surface area contributed by atoms with E-state index in [2.05, 4.69) is 43.4 Å². The van der Waals surface area contributed by atoms with Gasteiger partial charge in [0, 0.05) is 30.4 Å². The summed E-state index contributed by atoms with van der Waals surface area (Å²) >= 11 is 1.62. The van der Waals surface area contributed by atoms with Crippen LogP contribution in [-0.2, 0) is 0 Å². The number of anilines is 2. The number of likely N-dealkylation sites (tertiary alicyclic amines) is 1. The van der Waals surface area contributed by atoms with E-state index in [1.165, 1.54) is 5.56 Å². The number of piperidine rings is 1. The van der Waals surface area contributed by atoms with Crippen molar-refractivity contribution >= 4 is 22.3 Å². The van der Waals surface area contributed by atoms with Gasteiger partial charge in [0.05, 0.1) is 11.5 Å². The summed E-state index contributed by atoms with van der Waals surface area (Å²) in [5.41, 5.74) is 2.26. The van der Waals surface area contributed by atoms with Gasteiger partial charge in [-0.15, -0.1) is 0 Å². The van der Waals surface area contributed by atoms with Gasteiger partial charge in [0.25, 0.3) is 0 Å². The molecule has 7 heteroatoms. The van der Waals surface area contributed by atoms with Crippen LogP contribution < -0.4 is 5.32 Å². The number of hydrogen-bond donors (Lipinski definition) is 2. The highest BCUT2D eigenvalue weighted by Gasteiger charge is 2.22. The summed E-state index contributed by atoms with van der Waals surface area (Å²) < 4.78 is 0. The van der Waals surface area contributed by atoms with Crippen molar-refractivity contribution in [1.82, 2.24) is 19.9 Å². The van der Waals surface area contributed by atoms with Gasteiger partial charge >= 0.3 is 0 Å². The van der Waals surface area contributed by atoms with Gasteiger partial charge in [0.2, 0.25) is 0 Å². The highest BCUT2D eigenvalue weighted by atomic mass is 32.1. The largest absolute Gasteiger partial charge is 0.395 e. The Morgan fingerprint density at radius 3 is 2.71 bits per heavy atom. The summed E-state index contributed by atoms with van der Waals surface area (Å²) in [7, 11) is 0. The molecule has 6 nitrogen and oxygen atoms in total. The molecule has 146 valence electrons. The van der Waals surface area contributed by atoms with Gasteiger partial charge in [0.15, 0.2) is 5.13 Å². The van der Waals surface area contributed by atoms with Crippen LogP contribution >= 0.6 is 11.3 Å². The Kier molecular flexibility index (Phi) is 5.95. The molecule has 4 rings (SSSR count). The quantitative estimate of drug-likeness (QED) is 0.661. The van der Waals surface area contributed by atoms with Crippen molar-refractivity contribution in [3.63, 3.8) is 0 Å². The monoisotopic (exact) mass is 395 g/mol. The van der Waals surface area contributed by atoms with Gasteiger partial charge in [-0.25, -0.2) is 15.0 Å². The summed E-state index contributed by atoms with van der Waals surface area (Å²) in [5.74, 6) is 2.01. The van der Waals surface area contributed by atoms with Crippen LogP contribution in [0, 0.1) is 6.92 Å². The predicted molar refractivity (Wildman–Crippen MR) is 113 cm³/mol. The lowest BCUT2D eigenvalue weighted by atomic mass is 9.93. The lowest BCUT2D eigenvalue weighted by Gasteiger charge is -2.31. The molecular formula is C21H25N5OS. The minimum absolute atomic E-state index is 0.226. The fourth-order valence-electron chi connectivity index (χ4n) is 3.64. The smallest absolute Gasteiger partial charge is 0.188 e. The van der Waals surface area contributed by atoms with Gasteiger partial charge in [-0.3, -0.25) is 0 Å². The lowest BCUT2D eigenvalue weighted by Crippen LogP contribution is -2.35. The van der Waals surface area contributed by atoms with E-state index in [1.807, 2.05) is 31.3 Å². The first kappa shape index (κ1) is 19.0. The van der Waals surface area contributed by atoms with E-state index >= 15 is 0 Å². The maximum atomic E-state index is 9.11. The third-order valence-corrected chi connectivity index (χ3v) is 6.04. The number of thiazole rings is 1. The van der Waals surface area contributed by atoms with Crippen LogP contribution in [0.2, 0.25) is 0 Å². The number of nitrogens with one attached hydrogen (secondary N) is 1. The zero-order chi connectivity index (χ0) is 19.3. The number of β-amino-alcohol motifs (C(OH)–C–C–N with tert-alkyl or cyclic N) is 1. The van der Waals surface area contributed by atoms with Crippen LogP contribution in [0.4, 0.5) is 10.9 Å². The fourth-order valence-corrected chi connectivity index (χ4v) is 4.46. The van der Waals surface area contributed by atoms with E-state index in [0.717, 1.165) is 59.8 Å². The summed E-state index contributed by atoms with van der Waals surface area (Å²) in [5, 5.41) is 13.3. The van der Waals surface area contributed by atoms with Gasteiger partial charge in [-0.05, 0) is 38.4 Å². The van der Waals surface area contributed by atoms with Gasteiger partial charge < -0.3 is 15.3 Å². The Balaban J connectivity index is 1.47. The zero-order valence-electron chi connectivity index (χ0n) is 16.0. The maximum absolute atomic E-state index is 9.11. The molecule has 2 aromatic heterocycles. The minimum Gasteiger partial charge on any atom is -0.395 e. The van der Waals surface area contributed by atoms with Crippen LogP contribution in [0.3, 0.4) is 0 Å². The van der Waals surface area contributed by atoms with E-state index in [9.17, 15) is 0 Å². The van der Waals surface area contributed by atoms with Crippen LogP contribution in [0.1, 0.15) is 30.3 Å². The lowest BCUT2D eigenvalue weighted by molar-refractivity contribution is 0.163. The average Bonchev–Trinajstić information content (AvgIpc) is 3.17. The summed E-state index contributed by atoms with van der Waals surface area (Å²) in [4.78, 5) is 17.2. The molecule has 1 saturated heterocycles. The minimum atomic E-state index is 0.226. The van der Waals surface area contributed by atoms with E-state index in [4.69, 9.17) is 5.11 Å². The topological polar surface area (TPSA) is 74.2 Å². The van der Waals surface area contributed by atoms with E-state index in [1.54, 1.807) is 11.3 Å². The fraction of sp³-hybridized carbons (Fsp3) is 0.381. The van der Waals surface area contributed by atoms with Crippen molar-refractivity contribution in [3.05, 3.63) is 54.1 Å². The molecule has 1 aliphatic heterocycles. The first-order valence-electron chi connectivity index (χ1n) is 9.68. The molecule has 2 N–H and O–H groups in total.